The van der Waals surface area contributed by atoms with E-state index >= 15 is 0 Å². The lowest BCUT2D eigenvalue weighted by atomic mass is 10.0. The molecule has 1 heterocycles. The van der Waals surface area contributed by atoms with Gasteiger partial charge in [-0.3, -0.25) is 4.79 Å². The number of hydrogen-bond donors (Lipinski definition) is 2. The van der Waals surface area contributed by atoms with Crippen LogP contribution in [-0.4, -0.2) is 48.7 Å². The van der Waals surface area contributed by atoms with Crippen LogP contribution < -0.4 is 5.32 Å². The minimum Gasteiger partial charge on any atom is -0.466 e. The van der Waals surface area contributed by atoms with Gasteiger partial charge in [0.15, 0.2) is 0 Å². The van der Waals surface area contributed by atoms with Crippen LogP contribution in [-0.2, 0) is 27.2 Å². The van der Waals surface area contributed by atoms with Crippen molar-refractivity contribution in [2.24, 2.45) is 0 Å². The van der Waals surface area contributed by atoms with E-state index in [2.05, 4.69) is 21.2 Å². The summed E-state index contributed by atoms with van der Waals surface area (Å²) < 4.78 is 5.80. The molecule has 2 N–H and O–H groups in total. The maximum Gasteiger partial charge on any atom is 0.337 e. The molecule has 0 radical (unpaired) electrons. The number of nitrogens with zero attached hydrogens (tertiary/aromatic N) is 1. The van der Waals surface area contributed by atoms with Crippen molar-refractivity contribution < 1.29 is 19.4 Å². The number of nitrogens with one attached hydrogen (secondary N) is 1. The smallest absolute Gasteiger partial charge is 0.337 e. The van der Waals surface area contributed by atoms with Gasteiger partial charge in [-0.2, -0.15) is 0 Å². The number of rotatable bonds is 7. The van der Waals surface area contributed by atoms with Crippen LogP contribution in [0.1, 0.15) is 25.0 Å². The molecule has 136 valence electrons. The Morgan fingerprint density at radius 1 is 1.32 bits per heavy atom. The lowest BCUT2D eigenvalue weighted by Gasteiger charge is -2.18. The number of β-amino-alcohol motifs (C(OH)–C–C–N with tert-alkyl or cyclic N) is 1. The predicted octanol–water partition coefficient (Wildman–Crippen LogP) is 2.25. The van der Waals surface area contributed by atoms with E-state index in [9.17, 15) is 9.59 Å². The number of carbonyl (C=O) groups is 2. The molecule has 0 aliphatic carbocycles. The van der Waals surface area contributed by atoms with Crippen LogP contribution in [0.15, 0.2) is 27.9 Å². The topological polar surface area (TPSA) is 78.9 Å². The Hall–Kier alpha value is -1.86. The maximum absolute atomic E-state index is 12.7. The number of aryl methyl sites for hydroxylation is 2. The molecule has 1 aromatic rings. The first-order valence-corrected chi connectivity index (χ1v) is 9.05. The van der Waals surface area contributed by atoms with Gasteiger partial charge in [-0.05, 0) is 36.1 Å². The van der Waals surface area contributed by atoms with Crippen LogP contribution in [0.5, 0.6) is 0 Å². The van der Waals surface area contributed by atoms with Crippen molar-refractivity contribution in [3.05, 3.63) is 39.0 Å². The van der Waals surface area contributed by atoms with Gasteiger partial charge in [0, 0.05) is 16.7 Å². The van der Waals surface area contributed by atoms with Crippen LogP contribution in [0.4, 0.5) is 5.69 Å². The van der Waals surface area contributed by atoms with Crippen molar-refractivity contribution >= 4 is 33.5 Å². The summed E-state index contributed by atoms with van der Waals surface area (Å²) in [6, 6.07) is 4.01. The number of aliphatic hydroxyl groups is 1. The Kier molecular flexibility index (Phi) is 6.61. The van der Waals surface area contributed by atoms with E-state index in [1.807, 2.05) is 26.0 Å². The van der Waals surface area contributed by atoms with Gasteiger partial charge in [0.1, 0.15) is 5.70 Å². The first kappa shape index (κ1) is 19.5. The minimum atomic E-state index is -0.538. The summed E-state index contributed by atoms with van der Waals surface area (Å²) in [4.78, 5) is 26.2. The van der Waals surface area contributed by atoms with E-state index in [4.69, 9.17) is 9.84 Å². The zero-order valence-corrected chi connectivity index (χ0v) is 16.3. The Labute approximate surface area is 156 Å². The number of hydrogen-bond acceptors (Lipinski definition) is 5. The number of methoxy groups -OCH3 is 1. The molecule has 0 atom stereocenters. The van der Waals surface area contributed by atoms with E-state index < -0.39 is 5.97 Å². The molecule has 1 aliphatic rings. The molecule has 0 spiro atoms. The van der Waals surface area contributed by atoms with Crippen molar-refractivity contribution in [2.75, 3.05) is 32.1 Å². The van der Waals surface area contributed by atoms with Gasteiger partial charge in [0.2, 0.25) is 0 Å². The molecule has 0 bridgehead atoms. The number of aliphatic hydroxyl groups excluding tert-OH is 1. The number of amides is 1. The van der Waals surface area contributed by atoms with Crippen molar-refractivity contribution in [1.29, 1.82) is 0 Å². The summed E-state index contributed by atoms with van der Waals surface area (Å²) >= 11 is 3.51. The van der Waals surface area contributed by atoms with Crippen molar-refractivity contribution in [2.45, 2.75) is 26.7 Å². The zero-order valence-electron chi connectivity index (χ0n) is 14.7. The highest BCUT2D eigenvalue weighted by molar-refractivity contribution is 9.10. The van der Waals surface area contributed by atoms with Gasteiger partial charge >= 0.3 is 5.97 Å². The van der Waals surface area contributed by atoms with Crippen molar-refractivity contribution in [3.63, 3.8) is 0 Å². The molecule has 6 nitrogen and oxygen atoms in total. The van der Waals surface area contributed by atoms with Crippen LogP contribution in [0, 0.1) is 0 Å². The van der Waals surface area contributed by atoms with Gasteiger partial charge in [0.05, 0.1) is 25.8 Å². The number of anilines is 1. The molecule has 0 saturated heterocycles. The molecular weight excluding hydrogens is 388 g/mol. The molecule has 0 fully saturated rings. The third-order valence-electron chi connectivity index (χ3n) is 4.23. The highest BCUT2D eigenvalue weighted by Crippen LogP contribution is 2.31. The van der Waals surface area contributed by atoms with Gasteiger partial charge in [-0.15, -0.1) is 0 Å². The Morgan fingerprint density at radius 2 is 1.92 bits per heavy atom. The standard InChI is InChI=1S/C18H23BrN2O4/c1-4-11-8-13(19)9-12(5-2)15(11)20-16-14(18(24)25-3)10-21(6-7-22)17(16)23/h8-9,20,22H,4-7,10H2,1-3H3. The lowest BCUT2D eigenvalue weighted by molar-refractivity contribution is -0.136. The zero-order chi connectivity index (χ0) is 18.6. The van der Waals surface area contributed by atoms with E-state index in [-0.39, 0.29) is 36.9 Å². The van der Waals surface area contributed by atoms with Crippen LogP contribution in [0.3, 0.4) is 0 Å². The SMILES string of the molecule is CCc1cc(Br)cc(CC)c1NC1=C(C(=O)OC)CN(CCO)C1=O. The molecule has 7 heteroatoms. The number of benzene rings is 1. The number of ether oxygens (including phenoxy) is 1. The number of halogens is 1. The minimum absolute atomic E-state index is 0.133. The van der Waals surface area contributed by atoms with Crippen LogP contribution in [0.2, 0.25) is 0 Å². The molecule has 0 unspecified atom stereocenters. The van der Waals surface area contributed by atoms with Gasteiger partial charge < -0.3 is 20.1 Å². The fourth-order valence-corrected chi connectivity index (χ4v) is 3.47. The van der Waals surface area contributed by atoms with E-state index in [1.165, 1.54) is 12.0 Å². The number of carbonyl (C=O) groups excluding carboxylic acids is 2. The second-order valence-electron chi connectivity index (χ2n) is 5.73. The first-order chi connectivity index (χ1) is 12.0. The molecule has 1 amide bonds. The highest BCUT2D eigenvalue weighted by Gasteiger charge is 2.35. The Balaban J connectivity index is 2.48. The summed E-state index contributed by atoms with van der Waals surface area (Å²) in [5, 5.41) is 12.3. The summed E-state index contributed by atoms with van der Waals surface area (Å²) in [5.41, 5.74) is 3.47. The molecule has 1 aromatic carbocycles. The van der Waals surface area contributed by atoms with Crippen LogP contribution in [0.25, 0.3) is 0 Å². The third-order valence-corrected chi connectivity index (χ3v) is 4.69. The van der Waals surface area contributed by atoms with Crippen molar-refractivity contribution in [1.82, 2.24) is 4.90 Å². The van der Waals surface area contributed by atoms with E-state index in [1.54, 1.807) is 0 Å². The molecular formula is C18H23BrN2O4. The molecule has 25 heavy (non-hydrogen) atoms. The Morgan fingerprint density at radius 3 is 2.40 bits per heavy atom. The monoisotopic (exact) mass is 410 g/mol. The second kappa shape index (κ2) is 8.49. The third kappa shape index (κ3) is 4.04. The largest absolute Gasteiger partial charge is 0.466 e. The first-order valence-electron chi connectivity index (χ1n) is 8.26. The van der Waals surface area contributed by atoms with Gasteiger partial charge in [-0.1, -0.05) is 29.8 Å². The number of esters is 1. The molecule has 0 saturated carbocycles. The van der Waals surface area contributed by atoms with E-state index in [0.717, 1.165) is 34.1 Å². The summed E-state index contributed by atoms with van der Waals surface area (Å²) in [6.07, 6.45) is 1.56. The fourth-order valence-electron chi connectivity index (χ4n) is 2.92. The van der Waals surface area contributed by atoms with E-state index in [0.29, 0.717) is 0 Å². The quantitative estimate of drug-likeness (QED) is 0.673. The highest BCUT2D eigenvalue weighted by atomic mass is 79.9. The maximum atomic E-state index is 12.7. The Bertz CT molecular complexity index is 690. The second-order valence-corrected chi connectivity index (χ2v) is 6.64. The van der Waals surface area contributed by atoms with Gasteiger partial charge in [0.25, 0.3) is 5.91 Å². The lowest BCUT2D eigenvalue weighted by Crippen LogP contribution is -2.31. The summed E-state index contributed by atoms with van der Waals surface area (Å²) in [6.45, 7) is 4.22. The summed E-state index contributed by atoms with van der Waals surface area (Å²) in [5.74, 6) is -0.842. The molecule has 2 rings (SSSR count). The fraction of sp³-hybridized carbons (Fsp3) is 0.444. The van der Waals surface area contributed by atoms with Crippen molar-refractivity contribution in [3.8, 4) is 0 Å². The average molecular weight is 411 g/mol. The normalized spacial score (nSPS) is 14.3. The molecule has 1 aliphatic heterocycles. The summed E-state index contributed by atoms with van der Waals surface area (Å²) in [7, 11) is 1.29. The van der Waals surface area contributed by atoms with Gasteiger partial charge in [-0.25, -0.2) is 4.79 Å². The molecule has 0 aromatic heterocycles. The average Bonchev–Trinajstić information content (AvgIpc) is 2.91. The predicted molar refractivity (Wildman–Crippen MR) is 99.2 cm³/mol. The van der Waals surface area contributed by atoms with Crippen LogP contribution >= 0.6 is 15.9 Å².